The van der Waals surface area contributed by atoms with Crippen molar-refractivity contribution in [3.63, 3.8) is 0 Å². The maximum Gasteiger partial charge on any atom is 0.225 e. The zero-order chi connectivity index (χ0) is 13.7. The van der Waals surface area contributed by atoms with Crippen LogP contribution in [0.25, 0.3) is 0 Å². The average molecular weight is 319 g/mol. The molecule has 0 saturated carbocycles. The van der Waals surface area contributed by atoms with Gasteiger partial charge in [-0.05, 0) is 31.2 Å². The summed E-state index contributed by atoms with van der Waals surface area (Å²) in [7, 11) is 0. The number of aryl methyl sites for hydroxylation is 1. The van der Waals surface area contributed by atoms with Crippen LogP contribution in [-0.2, 0) is 0 Å². The fraction of sp³-hybridized carbons (Fsp3) is 0.143. The van der Waals surface area contributed by atoms with Crippen molar-refractivity contribution in [2.75, 3.05) is 17.2 Å². The van der Waals surface area contributed by atoms with E-state index in [-0.39, 0.29) is 0 Å². The van der Waals surface area contributed by atoms with Gasteiger partial charge >= 0.3 is 0 Å². The minimum absolute atomic E-state index is 0.597. The lowest BCUT2D eigenvalue weighted by Crippen LogP contribution is -2.05. The lowest BCUT2D eigenvalue weighted by molar-refractivity contribution is 1.08. The van der Waals surface area contributed by atoms with E-state index < -0.39 is 0 Å². The smallest absolute Gasteiger partial charge is 0.225 e. The molecule has 0 atom stereocenters. The number of hydrogen-bond donors (Lipinski definition) is 2. The normalized spacial score (nSPS) is 10.0. The van der Waals surface area contributed by atoms with Crippen LogP contribution in [0.4, 0.5) is 17.5 Å². The van der Waals surface area contributed by atoms with Crippen molar-refractivity contribution in [2.24, 2.45) is 0 Å². The van der Waals surface area contributed by atoms with Gasteiger partial charge in [-0.1, -0.05) is 22.0 Å². The van der Waals surface area contributed by atoms with Crippen molar-refractivity contribution in [2.45, 2.75) is 6.92 Å². The molecule has 2 rings (SSSR count). The molecule has 0 aliphatic carbocycles. The third-order valence-corrected chi connectivity index (χ3v) is 2.90. The summed E-state index contributed by atoms with van der Waals surface area (Å²) in [6.45, 7) is 6.24. The van der Waals surface area contributed by atoms with Crippen molar-refractivity contribution >= 4 is 33.4 Å². The Morgan fingerprint density at radius 1 is 1.26 bits per heavy atom. The van der Waals surface area contributed by atoms with Gasteiger partial charge in [0, 0.05) is 28.5 Å². The van der Waals surface area contributed by atoms with Crippen LogP contribution in [0.1, 0.15) is 5.69 Å². The summed E-state index contributed by atoms with van der Waals surface area (Å²) in [5, 5.41) is 6.33. The standard InChI is InChI=1S/C14H15BrN4/c1-3-8-16-14-17-10(2)9-13(19-14)18-12-6-4-11(15)5-7-12/h3-7,9H,1,8H2,2H3,(H2,16,17,18,19). The minimum Gasteiger partial charge on any atom is -0.351 e. The Morgan fingerprint density at radius 2 is 2.00 bits per heavy atom. The largest absolute Gasteiger partial charge is 0.351 e. The second-order valence-corrected chi connectivity index (χ2v) is 4.94. The summed E-state index contributed by atoms with van der Waals surface area (Å²) in [6, 6.07) is 9.83. The van der Waals surface area contributed by atoms with Crippen LogP contribution in [0.5, 0.6) is 0 Å². The van der Waals surface area contributed by atoms with Crippen molar-refractivity contribution in [3.05, 3.63) is 53.2 Å². The Labute approximate surface area is 121 Å². The van der Waals surface area contributed by atoms with E-state index in [1.807, 2.05) is 37.3 Å². The van der Waals surface area contributed by atoms with Gasteiger partial charge in [0.05, 0.1) is 0 Å². The second-order valence-electron chi connectivity index (χ2n) is 4.02. The minimum atomic E-state index is 0.597. The zero-order valence-corrected chi connectivity index (χ0v) is 12.2. The predicted molar refractivity (Wildman–Crippen MR) is 82.9 cm³/mol. The van der Waals surface area contributed by atoms with Gasteiger partial charge in [0.25, 0.3) is 0 Å². The Kier molecular flexibility index (Phi) is 4.52. The van der Waals surface area contributed by atoms with Crippen LogP contribution >= 0.6 is 15.9 Å². The maximum atomic E-state index is 4.40. The van der Waals surface area contributed by atoms with E-state index in [1.54, 1.807) is 6.08 Å². The van der Waals surface area contributed by atoms with Crippen molar-refractivity contribution in [3.8, 4) is 0 Å². The number of halogens is 1. The number of nitrogens with zero attached hydrogens (tertiary/aromatic N) is 2. The Balaban J connectivity index is 2.17. The predicted octanol–water partition coefficient (Wildman–Crippen LogP) is 3.89. The zero-order valence-electron chi connectivity index (χ0n) is 10.7. The third kappa shape index (κ3) is 4.06. The summed E-state index contributed by atoms with van der Waals surface area (Å²) in [5.41, 5.74) is 1.89. The molecule has 2 aromatic rings. The fourth-order valence-electron chi connectivity index (χ4n) is 1.56. The van der Waals surface area contributed by atoms with Crippen LogP contribution in [0.2, 0.25) is 0 Å². The number of anilines is 3. The summed E-state index contributed by atoms with van der Waals surface area (Å²) in [5.74, 6) is 1.36. The lowest BCUT2D eigenvalue weighted by Gasteiger charge is -2.09. The first-order valence-corrected chi connectivity index (χ1v) is 6.70. The second kappa shape index (κ2) is 6.33. The molecule has 4 nitrogen and oxygen atoms in total. The summed E-state index contributed by atoms with van der Waals surface area (Å²) in [4.78, 5) is 8.71. The number of hydrogen-bond acceptors (Lipinski definition) is 4. The fourth-order valence-corrected chi connectivity index (χ4v) is 1.82. The molecule has 0 spiro atoms. The molecule has 98 valence electrons. The Bertz CT molecular complexity index is 566. The quantitative estimate of drug-likeness (QED) is 0.821. The van der Waals surface area contributed by atoms with Gasteiger partial charge in [0.2, 0.25) is 5.95 Å². The molecular formula is C14H15BrN4. The molecule has 0 aliphatic rings. The monoisotopic (exact) mass is 318 g/mol. The highest BCUT2D eigenvalue weighted by atomic mass is 79.9. The molecule has 19 heavy (non-hydrogen) atoms. The van der Waals surface area contributed by atoms with Gasteiger partial charge in [-0.15, -0.1) is 6.58 Å². The molecule has 0 aliphatic heterocycles. The number of nitrogens with one attached hydrogen (secondary N) is 2. The van der Waals surface area contributed by atoms with E-state index >= 15 is 0 Å². The van der Waals surface area contributed by atoms with E-state index in [0.29, 0.717) is 12.5 Å². The molecule has 0 unspecified atom stereocenters. The van der Waals surface area contributed by atoms with E-state index in [0.717, 1.165) is 21.7 Å². The van der Waals surface area contributed by atoms with Crippen molar-refractivity contribution in [1.29, 1.82) is 0 Å². The molecule has 2 N–H and O–H groups in total. The van der Waals surface area contributed by atoms with Crippen LogP contribution in [0.15, 0.2) is 47.5 Å². The molecule has 1 aromatic carbocycles. The van der Waals surface area contributed by atoms with Gasteiger partial charge in [0.15, 0.2) is 0 Å². The van der Waals surface area contributed by atoms with Crippen LogP contribution in [0, 0.1) is 6.92 Å². The van der Waals surface area contributed by atoms with E-state index in [1.165, 1.54) is 0 Å². The molecular weight excluding hydrogens is 304 g/mol. The van der Waals surface area contributed by atoms with E-state index in [4.69, 9.17) is 0 Å². The van der Waals surface area contributed by atoms with Gasteiger partial charge in [0.1, 0.15) is 5.82 Å². The molecule has 0 radical (unpaired) electrons. The highest BCUT2D eigenvalue weighted by molar-refractivity contribution is 9.10. The number of aromatic nitrogens is 2. The highest BCUT2D eigenvalue weighted by Gasteiger charge is 2.02. The first-order chi connectivity index (χ1) is 9.17. The molecule has 5 heteroatoms. The van der Waals surface area contributed by atoms with E-state index in [9.17, 15) is 0 Å². The lowest BCUT2D eigenvalue weighted by atomic mass is 10.3. The van der Waals surface area contributed by atoms with Crippen molar-refractivity contribution < 1.29 is 0 Å². The number of benzene rings is 1. The van der Waals surface area contributed by atoms with Crippen LogP contribution in [0.3, 0.4) is 0 Å². The summed E-state index contributed by atoms with van der Waals surface area (Å²) < 4.78 is 1.05. The first-order valence-electron chi connectivity index (χ1n) is 5.90. The van der Waals surface area contributed by atoms with Crippen LogP contribution < -0.4 is 10.6 Å². The van der Waals surface area contributed by atoms with Crippen molar-refractivity contribution in [1.82, 2.24) is 9.97 Å². The first kappa shape index (κ1) is 13.5. The third-order valence-electron chi connectivity index (χ3n) is 2.38. The summed E-state index contributed by atoms with van der Waals surface area (Å²) in [6.07, 6.45) is 1.77. The molecule has 1 aromatic heterocycles. The number of rotatable bonds is 5. The molecule has 0 bridgehead atoms. The SMILES string of the molecule is C=CCNc1nc(C)cc(Nc2ccc(Br)cc2)n1. The molecule has 0 fully saturated rings. The summed E-state index contributed by atoms with van der Waals surface area (Å²) >= 11 is 3.41. The molecule has 0 saturated heterocycles. The van der Waals surface area contributed by atoms with Gasteiger partial charge in [-0.3, -0.25) is 0 Å². The maximum absolute atomic E-state index is 4.40. The Hall–Kier alpha value is -1.88. The Morgan fingerprint density at radius 3 is 2.68 bits per heavy atom. The molecule has 1 heterocycles. The van der Waals surface area contributed by atoms with Crippen LogP contribution in [-0.4, -0.2) is 16.5 Å². The average Bonchev–Trinajstić information content (AvgIpc) is 2.38. The van der Waals surface area contributed by atoms with Gasteiger partial charge < -0.3 is 10.6 Å². The van der Waals surface area contributed by atoms with E-state index in [2.05, 4.69) is 43.1 Å². The van der Waals surface area contributed by atoms with Gasteiger partial charge in [-0.25, -0.2) is 4.98 Å². The topological polar surface area (TPSA) is 49.8 Å². The molecule has 0 amide bonds. The van der Waals surface area contributed by atoms with Gasteiger partial charge in [-0.2, -0.15) is 4.98 Å². The highest BCUT2D eigenvalue weighted by Crippen LogP contribution is 2.19.